The van der Waals surface area contributed by atoms with E-state index in [1.807, 2.05) is 11.3 Å². The molecule has 1 aromatic rings. The van der Waals surface area contributed by atoms with Gasteiger partial charge in [-0.1, -0.05) is 0 Å². The molecule has 0 amide bonds. The van der Waals surface area contributed by atoms with Gasteiger partial charge in [-0.25, -0.2) is 0 Å². The lowest BCUT2D eigenvalue weighted by Gasteiger charge is -2.22. The van der Waals surface area contributed by atoms with Crippen LogP contribution >= 0.6 is 11.3 Å². The van der Waals surface area contributed by atoms with E-state index >= 15 is 0 Å². The Labute approximate surface area is 89.7 Å². The van der Waals surface area contributed by atoms with Crippen molar-refractivity contribution >= 4 is 11.3 Å². The maximum Gasteiger partial charge on any atom is 0.0479 e. The molecule has 0 spiro atoms. The van der Waals surface area contributed by atoms with Gasteiger partial charge >= 0.3 is 0 Å². The summed E-state index contributed by atoms with van der Waals surface area (Å²) < 4.78 is 0. The SMILES string of the molecule is Cc1ccc(C2C(CN)CCN2C)s1. The first-order chi connectivity index (χ1) is 6.72. The number of likely N-dealkylation sites (tertiary alicyclic amines) is 1. The lowest BCUT2D eigenvalue weighted by molar-refractivity contribution is 0.284. The smallest absolute Gasteiger partial charge is 0.0479 e. The Morgan fingerprint density at radius 2 is 2.36 bits per heavy atom. The minimum atomic E-state index is 0.568. The fourth-order valence-electron chi connectivity index (χ4n) is 2.33. The van der Waals surface area contributed by atoms with Crippen LogP contribution in [-0.2, 0) is 0 Å². The molecule has 2 atom stereocenters. The van der Waals surface area contributed by atoms with Crippen molar-refractivity contribution in [3.63, 3.8) is 0 Å². The highest BCUT2D eigenvalue weighted by Gasteiger charge is 2.32. The van der Waals surface area contributed by atoms with Crippen LogP contribution in [0.2, 0.25) is 0 Å². The summed E-state index contributed by atoms with van der Waals surface area (Å²) in [5.41, 5.74) is 5.81. The Balaban J connectivity index is 2.22. The van der Waals surface area contributed by atoms with Crippen LogP contribution in [-0.4, -0.2) is 25.0 Å². The fraction of sp³-hybridized carbons (Fsp3) is 0.636. The van der Waals surface area contributed by atoms with E-state index in [9.17, 15) is 0 Å². The van der Waals surface area contributed by atoms with E-state index in [4.69, 9.17) is 5.73 Å². The molecule has 3 heteroatoms. The molecule has 0 aromatic carbocycles. The van der Waals surface area contributed by atoms with Crippen LogP contribution in [0.25, 0.3) is 0 Å². The van der Waals surface area contributed by atoms with Gasteiger partial charge in [-0.3, -0.25) is 4.90 Å². The first-order valence-electron chi connectivity index (χ1n) is 5.19. The second-order valence-electron chi connectivity index (χ2n) is 4.16. The first-order valence-corrected chi connectivity index (χ1v) is 6.00. The van der Waals surface area contributed by atoms with Gasteiger partial charge in [0.25, 0.3) is 0 Å². The minimum absolute atomic E-state index is 0.568. The van der Waals surface area contributed by atoms with E-state index in [1.54, 1.807) is 0 Å². The Kier molecular flexibility index (Phi) is 2.91. The van der Waals surface area contributed by atoms with Crippen molar-refractivity contribution in [2.75, 3.05) is 20.1 Å². The topological polar surface area (TPSA) is 29.3 Å². The maximum absolute atomic E-state index is 5.81. The number of nitrogens with two attached hydrogens (primary N) is 1. The van der Waals surface area contributed by atoms with Crippen LogP contribution in [0.15, 0.2) is 12.1 Å². The first kappa shape index (κ1) is 10.1. The van der Waals surface area contributed by atoms with Crippen LogP contribution in [0.5, 0.6) is 0 Å². The third-order valence-electron chi connectivity index (χ3n) is 3.13. The Morgan fingerprint density at radius 1 is 1.57 bits per heavy atom. The molecule has 0 radical (unpaired) electrons. The second-order valence-corrected chi connectivity index (χ2v) is 5.48. The van der Waals surface area contributed by atoms with E-state index < -0.39 is 0 Å². The number of aryl methyl sites for hydroxylation is 1. The molecule has 2 heterocycles. The molecular weight excluding hydrogens is 192 g/mol. The zero-order valence-corrected chi connectivity index (χ0v) is 9.68. The van der Waals surface area contributed by atoms with Crippen molar-refractivity contribution in [3.05, 3.63) is 21.9 Å². The van der Waals surface area contributed by atoms with E-state index in [0.717, 1.165) is 6.54 Å². The van der Waals surface area contributed by atoms with Gasteiger partial charge < -0.3 is 5.73 Å². The maximum atomic E-state index is 5.81. The monoisotopic (exact) mass is 210 g/mol. The molecule has 14 heavy (non-hydrogen) atoms. The van der Waals surface area contributed by atoms with Crippen molar-refractivity contribution in [3.8, 4) is 0 Å². The number of rotatable bonds is 2. The summed E-state index contributed by atoms with van der Waals surface area (Å²) in [7, 11) is 2.20. The highest BCUT2D eigenvalue weighted by Crippen LogP contribution is 2.38. The van der Waals surface area contributed by atoms with Gasteiger partial charge in [0, 0.05) is 15.8 Å². The molecule has 1 saturated heterocycles. The van der Waals surface area contributed by atoms with Crippen LogP contribution in [0.1, 0.15) is 22.2 Å². The van der Waals surface area contributed by atoms with E-state index in [1.165, 1.54) is 22.7 Å². The number of thiophene rings is 1. The predicted molar refractivity (Wildman–Crippen MR) is 61.6 cm³/mol. The van der Waals surface area contributed by atoms with E-state index in [0.29, 0.717) is 12.0 Å². The molecule has 78 valence electrons. The fourth-order valence-corrected chi connectivity index (χ4v) is 3.47. The van der Waals surface area contributed by atoms with Gasteiger partial charge in [0.05, 0.1) is 0 Å². The Morgan fingerprint density at radius 3 is 2.93 bits per heavy atom. The average Bonchev–Trinajstić information content (AvgIpc) is 2.71. The molecule has 1 aliphatic rings. The lowest BCUT2D eigenvalue weighted by Crippen LogP contribution is -2.24. The minimum Gasteiger partial charge on any atom is -0.330 e. The third-order valence-corrected chi connectivity index (χ3v) is 4.20. The van der Waals surface area contributed by atoms with Gasteiger partial charge in [0.15, 0.2) is 0 Å². The zero-order valence-electron chi connectivity index (χ0n) is 8.86. The molecule has 0 bridgehead atoms. The van der Waals surface area contributed by atoms with Gasteiger partial charge in [-0.05, 0) is 51.5 Å². The second kappa shape index (κ2) is 4.01. The summed E-state index contributed by atoms with van der Waals surface area (Å²) in [5, 5.41) is 0. The molecule has 1 aliphatic heterocycles. The molecule has 2 unspecified atom stereocenters. The summed E-state index contributed by atoms with van der Waals surface area (Å²) in [6.45, 7) is 4.16. The van der Waals surface area contributed by atoms with Gasteiger partial charge in [0.2, 0.25) is 0 Å². The van der Waals surface area contributed by atoms with Gasteiger partial charge in [0.1, 0.15) is 0 Å². The van der Waals surface area contributed by atoms with Crippen LogP contribution in [0.4, 0.5) is 0 Å². The summed E-state index contributed by atoms with van der Waals surface area (Å²) in [6.07, 6.45) is 1.24. The summed E-state index contributed by atoms with van der Waals surface area (Å²) in [4.78, 5) is 5.32. The van der Waals surface area contributed by atoms with Gasteiger partial charge in [-0.2, -0.15) is 0 Å². The Hall–Kier alpha value is -0.380. The number of nitrogens with zero attached hydrogens (tertiary/aromatic N) is 1. The molecule has 2 rings (SSSR count). The van der Waals surface area contributed by atoms with Crippen molar-refractivity contribution in [1.82, 2.24) is 4.90 Å². The number of hydrogen-bond donors (Lipinski definition) is 1. The standard InChI is InChI=1S/C11H18N2S/c1-8-3-4-10(14-8)11-9(7-12)5-6-13(11)2/h3-4,9,11H,5-7,12H2,1-2H3. The van der Waals surface area contributed by atoms with Crippen LogP contribution in [0, 0.1) is 12.8 Å². The summed E-state index contributed by atoms with van der Waals surface area (Å²) in [5.74, 6) is 0.651. The van der Waals surface area contributed by atoms with Gasteiger partial charge in [-0.15, -0.1) is 11.3 Å². The third kappa shape index (κ3) is 1.72. The molecule has 1 fully saturated rings. The van der Waals surface area contributed by atoms with Crippen molar-refractivity contribution < 1.29 is 0 Å². The van der Waals surface area contributed by atoms with E-state index in [-0.39, 0.29) is 0 Å². The largest absolute Gasteiger partial charge is 0.330 e. The average molecular weight is 210 g/mol. The number of hydrogen-bond acceptors (Lipinski definition) is 3. The zero-order chi connectivity index (χ0) is 10.1. The normalized spacial score (nSPS) is 28.5. The molecule has 0 aliphatic carbocycles. The molecule has 2 nitrogen and oxygen atoms in total. The highest BCUT2D eigenvalue weighted by atomic mass is 32.1. The summed E-state index contributed by atoms with van der Waals surface area (Å²) >= 11 is 1.91. The predicted octanol–water partition coefficient (Wildman–Crippen LogP) is 2.01. The molecule has 0 saturated carbocycles. The van der Waals surface area contributed by atoms with Crippen molar-refractivity contribution in [1.29, 1.82) is 0 Å². The van der Waals surface area contributed by atoms with Crippen LogP contribution in [0.3, 0.4) is 0 Å². The van der Waals surface area contributed by atoms with Crippen LogP contribution < -0.4 is 5.73 Å². The molecular formula is C11H18N2S. The Bertz CT molecular complexity index is 308. The van der Waals surface area contributed by atoms with Crippen molar-refractivity contribution in [2.45, 2.75) is 19.4 Å². The lowest BCUT2D eigenvalue weighted by atomic mass is 9.99. The quantitative estimate of drug-likeness (QED) is 0.809. The van der Waals surface area contributed by atoms with Crippen molar-refractivity contribution in [2.24, 2.45) is 11.7 Å². The summed E-state index contributed by atoms with van der Waals surface area (Å²) in [6, 6.07) is 5.04. The molecule has 2 N–H and O–H groups in total. The highest BCUT2D eigenvalue weighted by molar-refractivity contribution is 7.12. The molecule has 1 aromatic heterocycles. The van der Waals surface area contributed by atoms with E-state index in [2.05, 4.69) is 31.0 Å².